The highest BCUT2D eigenvalue weighted by Gasteiger charge is 2.13. The van der Waals surface area contributed by atoms with Crippen LogP contribution in [-0.4, -0.2) is 27.0 Å². The molecule has 29 heavy (non-hydrogen) atoms. The molecule has 0 atom stereocenters. The number of hydrogen-bond donors (Lipinski definition) is 1. The van der Waals surface area contributed by atoms with Crippen LogP contribution in [0, 0.1) is 0 Å². The van der Waals surface area contributed by atoms with Gasteiger partial charge < -0.3 is 15.0 Å². The van der Waals surface area contributed by atoms with E-state index in [1.165, 1.54) is 10.7 Å². The molecule has 2 N–H and O–H groups in total. The largest absolute Gasteiger partial charge is 0.497 e. The summed E-state index contributed by atoms with van der Waals surface area (Å²) in [6, 6.07) is 18.0. The summed E-state index contributed by atoms with van der Waals surface area (Å²) >= 11 is 0. The number of rotatable bonds is 6. The molecular weight excluding hydrogens is 370 g/mol. The van der Waals surface area contributed by atoms with Crippen molar-refractivity contribution < 1.29 is 9.26 Å². The van der Waals surface area contributed by atoms with E-state index >= 15 is 0 Å². The van der Waals surface area contributed by atoms with Crippen molar-refractivity contribution in [2.45, 2.75) is 13.1 Å². The molecular formula is C21H19N5O3. The molecule has 0 unspecified atom stereocenters. The Balaban J connectivity index is 1.59. The number of nitrogens with zero attached hydrogens (tertiary/aromatic N) is 4. The zero-order valence-corrected chi connectivity index (χ0v) is 15.8. The highest BCUT2D eigenvalue weighted by molar-refractivity contribution is 5.58. The molecule has 4 aromatic rings. The van der Waals surface area contributed by atoms with Crippen LogP contribution in [0.25, 0.3) is 23.0 Å². The number of hydrogen-bond acceptors (Lipinski definition) is 7. The monoisotopic (exact) mass is 389 g/mol. The average molecular weight is 389 g/mol. The predicted molar refractivity (Wildman–Crippen MR) is 107 cm³/mol. The Morgan fingerprint density at radius 3 is 2.41 bits per heavy atom. The van der Waals surface area contributed by atoms with E-state index in [2.05, 4.69) is 15.2 Å². The Kier molecular flexibility index (Phi) is 5.17. The maximum absolute atomic E-state index is 12.2. The standard InChI is InChI=1S/C21H19N5O3/c1-28-17-8-4-15(5-9-17)13-26-19(27)11-10-18(24-26)21-23-20(25-29-21)16-6-2-14(12-22)3-7-16/h2-11H,12-13,22H2,1H3. The van der Waals surface area contributed by atoms with Crippen LogP contribution in [0.5, 0.6) is 5.75 Å². The first-order chi connectivity index (χ1) is 14.2. The van der Waals surface area contributed by atoms with Gasteiger partial charge >= 0.3 is 0 Å². The fourth-order valence-electron chi connectivity index (χ4n) is 2.81. The first-order valence-electron chi connectivity index (χ1n) is 9.01. The summed E-state index contributed by atoms with van der Waals surface area (Å²) in [5.41, 5.74) is 8.58. The topological polar surface area (TPSA) is 109 Å². The smallest absolute Gasteiger partial charge is 0.278 e. The van der Waals surface area contributed by atoms with Crippen LogP contribution in [0.2, 0.25) is 0 Å². The first-order valence-corrected chi connectivity index (χ1v) is 9.01. The lowest BCUT2D eigenvalue weighted by molar-refractivity contribution is 0.414. The molecule has 0 bridgehead atoms. The Morgan fingerprint density at radius 1 is 1.00 bits per heavy atom. The minimum absolute atomic E-state index is 0.221. The van der Waals surface area contributed by atoms with Crippen LogP contribution in [0.3, 0.4) is 0 Å². The maximum Gasteiger partial charge on any atom is 0.278 e. The Hall–Kier alpha value is -3.78. The predicted octanol–water partition coefficient (Wildman–Crippen LogP) is 2.48. The number of methoxy groups -OCH3 is 1. The fourth-order valence-corrected chi connectivity index (χ4v) is 2.81. The quantitative estimate of drug-likeness (QED) is 0.539. The van der Waals surface area contributed by atoms with Gasteiger partial charge in [-0.1, -0.05) is 41.6 Å². The number of aromatic nitrogens is 4. The average Bonchev–Trinajstić information content (AvgIpc) is 3.26. The Morgan fingerprint density at radius 2 is 1.72 bits per heavy atom. The van der Waals surface area contributed by atoms with Crippen molar-refractivity contribution in [3.63, 3.8) is 0 Å². The van der Waals surface area contributed by atoms with Gasteiger partial charge in [0.25, 0.3) is 11.4 Å². The molecule has 0 amide bonds. The lowest BCUT2D eigenvalue weighted by Gasteiger charge is -2.06. The van der Waals surface area contributed by atoms with Crippen LogP contribution < -0.4 is 16.0 Å². The Labute approximate surface area is 166 Å². The molecule has 0 aliphatic rings. The highest BCUT2D eigenvalue weighted by Crippen LogP contribution is 2.21. The zero-order valence-electron chi connectivity index (χ0n) is 15.8. The molecule has 0 fully saturated rings. The molecule has 2 heterocycles. The third-order valence-corrected chi connectivity index (χ3v) is 4.45. The van der Waals surface area contributed by atoms with Crippen LogP contribution >= 0.6 is 0 Å². The molecule has 0 spiro atoms. The lowest BCUT2D eigenvalue weighted by Crippen LogP contribution is -2.22. The maximum atomic E-state index is 12.2. The van der Waals surface area contributed by atoms with Crippen molar-refractivity contribution in [2.75, 3.05) is 7.11 Å². The van der Waals surface area contributed by atoms with E-state index in [1.807, 2.05) is 48.5 Å². The van der Waals surface area contributed by atoms with Crippen molar-refractivity contribution in [1.29, 1.82) is 0 Å². The van der Waals surface area contributed by atoms with Crippen molar-refractivity contribution in [2.24, 2.45) is 5.73 Å². The Bertz CT molecular complexity index is 1160. The summed E-state index contributed by atoms with van der Waals surface area (Å²) in [6.07, 6.45) is 0. The molecule has 0 saturated carbocycles. The first kappa shape index (κ1) is 18.6. The summed E-state index contributed by atoms with van der Waals surface area (Å²) < 4.78 is 11.9. The van der Waals surface area contributed by atoms with Crippen LogP contribution in [-0.2, 0) is 13.1 Å². The molecule has 4 rings (SSSR count). The van der Waals surface area contributed by atoms with Gasteiger partial charge in [-0.2, -0.15) is 10.1 Å². The van der Waals surface area contributed by atoms with E-state index in [0.29, 0.717) is 24.6 Å². The summed E-state index contributed by atoms with van der Waals surface area (Å²) in [4.78, 5) is 16.6. The van der Waals surface area contributed by atoms with Crippen LogP contribution in [0.1, 0.15) is 11.1 Å². The second kappa shape index (κ2) is 8.07. The zero-order chi connectivity index (χ0) is 20.2. The van der Waals surface area contributed by atoms with E-state index in [9.17, 15) is 4.79 Å². The van der Waals surface area contributed by atoms with Gasteiger partial charge in [0.1, 0.15) is 11.4 Å². The van der Waals surface area contributed by atoms with Gasteiger partial charge in [-0.15, -0.1) is 0 Å². The van der Waals surface area contributed by atoms with Gasteiger partial charge in [0.2, 0.25) is 5.82 Å². The minimum Gasteiger partial charge on any atom is -0.497 e. The van der Waals surface area contributed by atoms with Crippen molar-refractivity contribution in [3.05, 3.63) is 82.1 Å². The van der Waals surface area contributed by atoms with E-state index in [1.54, 1.807) is 13.2 Å². The van der Waals surface area contributed by atoms with Crippen molar-refractivity contribution in [1.82, 2.24) is 19.9 Å². The van der Waals surface area contributed by atoms with Gasteiger partial charge in [0.05, 0.1) is 13.7 Å². The molecule has 2 aromatic carbocycles. The highest BCUT2D eigenvalue weighted by atomic mass is 16.5. The van der Waals surface area contributed by atoms with Gasteiger partial charge in [0, 0.05) is 18.2 Å². The van der Waals surface area contributed by atoms with Gasteiger partial charge in [0.15, 0.2) is 0 Å². The number of nitrogens with two attached hydrogens (primary N) is 1. The van der Waals surface area contributed by atoms with E-state index in [0.717, 1.165) is 22.4 Å². The third-order valence-electron chi connectivity index (χ3n) is 4.45. The summed E-state index contributed by atoms with van der Waals surface area (Å²) in [7, 11) is 1.61. The lowest BCUT2D eigenvalue weighted by atomic mass is 10.1. The van der Waals surface area contributed by atoms with E-state index < -0.39 is 0 Å². The molecule has 0 saturated heterocycles. The molecule has 0 aliphatic carbocycles. The second-order valence-corrected chi connectivity index (χ2v) is 6.39. The van der Waals surface area contributed by atoms with Crippen molar-refractivity contribution in [3.8, 4) is 28.7 Å². The van der Waals surface area contributed by atoms with Crippen LogP contribution in [0.4, 0.5) is 0 Å². The third kappa shape index (κ3) is 4.07. The number of ether oxygens (including phenoxy) is 1. The second-order valence-electron chi connectivity index (χ2n) is 6.39. The molecule has 8 heteroatoms. The summed E-state index contributed by atoms with van der Waals surface area (Å²) in [6.45, 7) is 0.787. The van der Waals surface area contributed by atoms with Crippen molar-refractivity contribution >= 4 is 0 Å². The van der Waals surface area contributed by atoms with Gasteiger partial charge in [-0.05, 0) is 29.3 Å². The van der Waals surface area contributed by atoms with E-state index in [4.69, 9.17) is 15.0 Å². The summed E-state index contributed by atoms with van der Waals surface area (Å²) in [5, 5.41) is 8.39. The summed E-state index contributed by atoms with van der Waals surface area (Å²) in [5.74, 6) is 1.44. The number of benzene rings is 2. The normalized spacial score (nSPS) is 10.8. The molecule has 8 nitrogen and oxygen atoms in total. The SMILES string of the molecule is COc1ccc(Cn2nc(-c3nc(-c4ccc(CN)cc4)no3)ccc2=O)cc1. The molecule has 2 aromatic heterocycles. The minimum atomic E-state index is -0.221. The van der Waals surface area contributed by atoms with E-state index in [-0.39, 0.29) is 11.4 Å². The molecule has 0 radical (unpaired) electrons. The van der Waals surface area contributed by atoms with Gasteiger partial charge in [-0.25, -0.2) is 4.68 Å². The fraction of sp³-hybridized carbons (Fsp3) is 0.143. The molecule has 0 aliphatic heterocycles. The molecule has 146 valence electrons. The van der Waals surface area contributed by atoms with Crippen LogP contribution in [0.15, 0.2) is 70.0 Å². The van der Waals surface area contributed by atoms with Gasteiger partial charge in [-0.3, -0.25) is 4.79 Å².